The molecule has 2 aromatic heterocycles. The minimum absolute atomic E-state index is 0.769. The molecule has 3 nitrogen and oxygen atoms in total. The van der Waals surface area contributed by atoms with Crippen LogP contribution < -0.4 is 0 Å². The fraction of sp³-hybridized carbons (Fsp3) is 0.250. The van der Waals surface area contributed by atoms with E-state index in [2.05, 4.69) is 41.9 Å². The van der Waals surface area contributed by atoms with Crippen LogP contribution in [0.5, 0.6) is 0 Å². The van der Waals surface area contributed by atoms with Gasteiger partial charge in [-0.2, -0.15) is 5.10 Å². The molecule has 0 aliphatic rings. The third-order valence-corrected chi connectivity index (χ3v) is 4.20. The van der Waals surface area contributed by atoms with E-state index >= 15 is 0 Å². The van der Waals surface area contributed by atoms with Crippen LogP contribution in [0, 0.1) is 13.8 Å². The molecule has 2 rings (SSSR count). The van der Waals surface area contributed by atoms with Crippen molar-refractivity contribution in [2.75, 3.05) is 0 Å². The second-order valence-corrected chi connectivity index (χ2v) is 4.40. The smallest absolute Gasteiger partial charge is 0.146 e. The number of nitrogens with zero attached hydrogens (tertiary/aromatic N) is 3. The van der Waals surface area contributed by atoms with Crippen LogP contribution in [-0.4, -0.2) is 14.6 Å². The Kier molecular flexibility index (Phi) is 2.15. The summed E-state index contributed by atoms with van der Waals surface area (Å²) < 4.78 is 3.91. The lowest BCUT2D eigenvalue weighted by Gasteiger charge is -1.96. The molecule has 0 aromatic carbocycles. The Morgan fingerprint density at radius 2 is 1.92 bits per heavy atom. The number of aryl methyl sites for hydroxylation is 2. The summed E-state index contributed by atoms with van der Waals surface area (Å²) in [5.41, 5.74) is 2.06. The van der Waals surface area contributed by atoms with E-state index in [1.54, 1.807) is 0 Å². The molecule has 13 heavy (non-hydrogen) atoms. The van der Waals surface area contributed by atoms with Gasteiger partial charge in [-0.3, -0.25) is 0 Å². The zero-order chi connectivity index (χ0) is 9.59. The molecular weight excluding hydrogens is 298 g/mol. The Hall–Kier alpha value is -0.420. The monoisotopic (exact) mass is 303 g/mol. The molecule has 2 aromatic rings. The molecule has 2 heterocycles. The Labute approximate surface area is 92.4 Å². The van der Waals surface area contributed by atoms with Crippen molar-refractivity contribution in [2.45, 2.75) is 13.8 Å². The van der Waals surface area contributed by atoms with E-state index in [0.29, 0.717) is 0 Å². The van der Waals surface area contributed by atoms with E-state index in [0.717, 1.165) is 26.0 Å². The molecule has 0 atom stereocenters. The Bertz CT molecular complexity index is 476. The summed E-state index contributed by atoms with van der Waals surface area (Å²) in [4.78, 5) is 4.14. The van der Waals surface area contributed by atoms with E-state index in [1.165, 1.54) is 0 Å². The van der Waals surface area contributed by atoms with Crippen LogP contribution in [0.15, 0.2) is 15.1 Å². The van der Waals surface area contributed by atoms with Gasteiger partial charge in [0.05, 0.1) is 26.4 Å². The van der Waals surface area contributed by atoms with Gasteiger partial charge in [-0.25, -0.2) is 9.50 Å². The van der Waals surface area contributed by atoms with Crippen LogP contribution in [-0.2, 0) is 0 Å². The molecule has 0 unspecified atom stereocenters. The molecule has 0 N–H and O–H groups in total. The van der Waals surface area contributed by atoms with Crippen LogP contribution in [0.2, 0.25) is 0 Å². The highest BCUT2D eigenvalue weighted by atomic mass is 79.9. The van der Waals surface area contributed by atoms with Gasteiger partial charge in [0, 0.05) is 0 Å². The third-order valence-electron chi connectivity index (χ3n) is 1.90. The maximum Gasteiger partial charge on any atom is 0.146 e. The molecule has 5 heteroatoms. The summed E-state index contributed by atoms with van der Waals surface area (Å²) in [7, 11) is 0. The van der Waals surface area contributed by atoms with Gasteiger partial charge in [0.2, 0.25) is 0 Å². The average molecular weight is 305 g/mol. The van der Waals surface area contributed by atoms with Crippen molar-refractivity contribution in [3.8, 4) is 0 Å². The first kappa shape index (κ1) is 9.15. The lowest BCUT2D eigenvalue weighted by atomic mass is 10.5. The number of hydrogen-bond donors (Lipinski definition) is 0. The predicted molar refractivity (Wildman–Crippen MR) is 57.9 cm³/mol. The highest BCUT2D eigenvalue weighted by Crippen LogP contribution is 2.31. The first-order valence-electron chi connectivity index (χ1n) is 3.77. The predicted octanol–water partition coefficient (Wildman–Crippen LogP) is 2.87. The molecule has 0 aliphatic heterocycles. The number of hydrogen-bond acceptors (Lipinski definition) is 2. The van der Waals surface area contributed by atoms with Crippen LogP contribution in [0.1, 0.15) is 11.5 Å². The first-order chi connectivity index (χ1) is 6.11. The molecule has 0 bridgehead atoms. The van der Waals surface area contributed by atoms with E-state index in [-0.39, 0.29) is 0 Å². The van der Waals surface area contributed by atoms with Gasteiger partial charge in [0.25, 0.3) is 0 Å². The van der Waals surface area contributed by atoms with Crippen molar-refractivity contribution in [1.82, 2.24) is 14.6 Å². The number of halogens is 2. The standard InChI is InChI=1S/C8H7Br2N3/c1-4-7(9)8(10)6-3-11-5(2)12-13(4)6/h3H,1-2H3. The van der Waals surface area contributed by atoms with Crippen LogP contribution in [0.4, 0.5) is 0 Å². The van der Waals surface area contributed by atoms with E-state index in [9.17, 15) is 0 Å². The Balaban J connectivity index is 2.95. The van der Waals surface area contributed by atoms with Crippen LogP contribution in [0.3, 0.4) is 0 Å². The normalized spacial score (nSPS) is 11.1. The largest absolute Gasteiger partial charge is 0.238 e. The van der Waals surface area contributed by atoms with Crippen LogP contribution >= 0.6 is 31.9 Å². The summed E-state index contributed by atoms with van der Waals surface area (Å²) in [5.74, 6) is 0.769. The third kappa shape index (κ3) is 1.30. The first-order valence-corrected chi connectivity index (χ1v) is 5.36. The molecule has 0 aliphatic carbocycles. The van der Waals surface area contributed by atoms with Crippen molar-refractivity contribution >= 4 is 37.4 Å². The number of aromatic nitrogens is 3. The van der Waals surface area contributed by atoms with Gasteiger partial charge in [0.15, 0.2) is 0 Å². The quantitative estimate of drug-likeness (QED) is 0.749. The summed E-state index contributed by atoms with van der Waals surface area (Å²) in [5, 5.41) is 4.30. The van der Waals surface area contributed by atoms with Crippen molar-refractivity contribution in [1.29, 1.82) is 0 Å². The summed E-state index contributed by atoms with van der Waals surface area (Å²) in [6.45, 7) is 3.88. The highest BCUT2D eigenvalue weighted by molar-refractivity contribution is 9.13. The fourth-order valence-electron chi connectivity index (χ4n) is 1.20. The van der Waals surface area contributed by atoms with Gasteiger partial charge < -0.3 is 0 Å². The molecule has 0 saturated carbocycles. The Morgan fingerprint density at radius 3 is 2.62 bits per heavy atom. The van der Waals surface area contributed by atoms with Crippen molar-refractivity contribution in [3.63, 3.8) is 0 Å². The van der Waals surface area contributed by atoms with Crippen LogP contribution in [0.25, 0.3) is 5.52 Å². The van der Waals surface area contributed by atoms with Gasteiger partial charge in [-0.05, 0) is 45.7 Å². The van der Waals surface area contributed by atoms with Gasteiger partial charge in [0.1, 0.15) is 5.82 Å². The average Bonchev–Trinajstić information content (AvgIpc) is 2.32. The maximum absolute atomic E-state index is 4.30. The molecule has 0 fully saturated rings. The second-order valence-electron chi connectivity index (χ2n) is 2.82. The fourth-order valence-corrected chi connectivity index (χ4v) is 2.13. The highest BCUT2D eigenvalue weighted by Gasteiger charge is 2.11. The lowest BCUT2D eigenvalue weighted by Crippen LogP contribution is -1.97. The summed E-state index contributed by atoms with van der Waals surface area (Å²) in [6, 6.07) is 0. The lowest BCUT2D eigenvalue weighted by molar-refractivity contribution is 0.830. The second kappa shape index (κ2) is 3.06. The van der Waals surface area contributed by atoms with Gasteiger partial charge in [-0.15, -0.1) is 0 Å². The molecule has 0 radical (unpaired) electrons. The van der Waals surface area contributed by atoms with Gasteiger partial charge >= 0.3 is 0 Å². The minimum atomic E-state index is 0.769. The minimum Gasteiger partial charge on any atom is -0.238 e. The molecule has 0 spiro atoms. The van der Waals surface area contributed by atoms with E-state index in [1.807, 2.05) is 24.6 Å². The maximum atomic E-state index is 4.30. The molecular formula is C8H7Br2N3. The van der Waals surface area contributed by atoms with Crippen molar-refractivity contribution < 1.29 is 0 Å². The number of rotatable bonds is 0. The van der Waals surface area contributed by atoms with Crippen molar-refractivity contribution in [3.05, 3.63) is 26.7 Å². The number of fused-ring (bicyclic) bond motifs is 1. The van der Waals surface area contributed by atoms with E-state index < -0.39 is 0 Å². The Morgan fingerprint density at radius 1 is 1.23 bits per heavy atom. The zero-order valence-corrected chi connectivity index (χ0v) is 10.3. The topological polar surface area (TPSA) is 30.2 Å². The zero-order valence-electron chi connectivity index (χ0n) is 7.17. The molecule has 68 valence electrons. The van der Waals surface area contributed by atoms with Crippen molar-refractivity contribution in [2.24, 2.45) is 0 Å². The van der Waals surface area contributed by atoms with E-state index in [4.69, 9.17) is 0 Å². The molecule has 0 saturated heterocycles. The summed E-state index contributed by atoms with van der Waals surface area (Å²) in [6.07, 6.45) is 1.81. The van der Waals surface area contributed by atoms with Gasteiger partial charge in [-0.1, -0.05) is 0 Å². The SMILES string of the molecule is Cc1ncc2c(Br)c(Br)c(C)n2n1. The summed E-state index contributed by atoms with van der Waals surface area (Å²) >= 11 is 6.96. The molecule has 0 amide bonds.